The van der Waals surface area contributed by atoms with Gasteiger partial charge in [-0.15, -0.1) is 0 Å². The standard InChI is InChI=1S/C18H37N/c1-3-5-6-7-8-13-16-18(19-4-2)17-14-11-9-10-12-15-17/h17-19H,3-16H2,1-2H3. The van der Waals surface area contributed by atoms with Gasteiger partial charge in [0.1, 0.15) is 0 Å². The topological polar surface area (TPSA) is 12.0 Å². The molecular weight excluding hydrogens is 230 g/mol. The molecule has 1 aliphatic rings. The van der Waals surface area contributed by atoms with Crippen LogP contribution in [0.25, 0.3) is 0 Å². The molecule has 1 fully saturated rings. The monoisotopic (exact) mass is 267 g/mol. The van der Waals surface area contributed by atoms with Crippen LogP contribution in [0, 0.1) is 5.92 Å². The summed E-state index contributed by atoms with van der Waals surface area (Å²) in [4.78, 5) is 0. The van der Waals surface area contributed by atoms with Gasteiger partial charge in [0.25, 0.3) is 0 Å². The van der Waals surface area contributed by atoms with Gasteiger partial charge >= 0.3 is 0 Å². The molecule has 0 amide bonds. The molecule has 0 aliphatic heterocycles. The Labute approximate surface area is 121 Å². The molecule has 1 heteroatoms. The smallest absolute Gasteiger partial charge is 0.00952 e. The molecular formula is C18H37N. The minimum Gasteiger partial charge on any atom is -0.314 e. The number of unbranched alkanes of at least 4 members (excludes halogenated alkanes) is 5. The highest BCUT2D eigenvalue weighted by Crippen LogP contribution is 2.27. The van der Waals surface area contributed by atoms with E-state index in [1.807, 2.05) is 0 Å². The number of nitrogens with one attached hydrogen (secondary N) is 1. The van der Waals surface area contributed by atoms with Gasteiger partial charge in [0.15, 0.2) is 0 Å². The lowest BCUT2D eigenvalue weighted by atomic mass is 9.88. The first-order valence-corrected chi connectivity index (χ1v) is 9.11. The van der Waals surface area contributed by atoms with E-state index in [9.17, 15) is 0 Å². The average Bonchev–Trinajstić information content (AvgIpc) is 2.70. The van der Waals surface area contributed by atoms with Crippen LogP contribution in [0.2, 0.25) is 0 Å². The highest BCUT2D eigenvalue weighted by atomic mass is 14.9. The lowest BCUT2D eigenvalue weighted by Crippen LogP contribution is -2.36. The second-order valence-corrected chi connectivity index (χ2v) is 6.47. The van der Waals surface area contributed by atoms with Crippen LogP contribution >= 0.6 is 0 Å². The van der Waals surface area contributed by atoms with Crippen molar-refractivity contribution in [2.24, 2.45) is 5.92 Å². The maximum atomic E-state index is 3.78. The second-order valence-electron chi connectivity index (χ2n) is 6.47. The van der Waals surface area contributed by atoms with Gasteiger partial charge < -0.3 is 5.32 Å². The molecule has 0 spiro atoms. The third kappa shape index (κ3) is 7.97. The summed E-state index contributed by atoms with van der Waals surface area (Å²) in [6, 6.07) is 0.814. The summed E-state index contributed by atoms with van der Waals surface area (Å²) >= 11 is 0. The van der Waals surface area contributed by atoms with E-state index in [0.29, 0.717) is 0 Å². The Morgan fingerprint density at radius 3 is 2.11 bits per heavy atom. The van der Waals surface area contributed by atoms with Crippen LogP contribution < -0.4 is 5.32 Å². The number of hydrogen-bond acceptors (Lipinski definition) is 1. The molecule has 1 N–H and O–H groups in total. The molecule has 1 unspecified atom stereocenters. The molecule has 1 saturated carbocycles. The van der Waals surface area contributed by atoms with E-state index in [2.05, 4.69) is 19.2 Å². The second kappa shape index (κ2) is 11.8. The van der Waals surface area contributed by atoms with E-state index in [-0.39, 0.29) is 0 Å². The molecule has 0 saturated heterocycles. The van der Waals surface area contributed by atoms with Crippen molar-refractivity contribution in [2.45, 2.75) is 103 Å². The Morgan fingerprint density at radius 2 is 1.47 bits per heavy atom. The van der Waals surface area contributed by atoms with Crippen LogP contribution in [0.5, 0.6) is 0 Å². The van der Waals surface area contributed by atoms with Crippen molar-refractivity contribution >= 4 is 0 Å². The third-order valence-corrected chi connectivity index (χ3v) is 4.80. The SMILES string of the molecule is CCCCCCCCC(NCC)C1CCCCCC1. The van der Waals surface area contributed by atoms with Gasteiger partial charge in [-0.05, 0) is 31.7 Å². The van der Waals surface area contributed by atoms with Crippen LogP contribution in [0.3, 0.4) is 0 Å². The van der Waals surface area contributed by atoms with Crippen LogP contribution in [0.4, 0.5) is 0 Å². The summed E-state index contributed by atoms with van der Waals surface area (Å²) in [5, 5.41) is 3.78. The van der Waals surface area contributed by atoms with Crippen molar-refractivity contribution in [3.05, 3.63) is 0 Å². The summed E-state index contributed by atoms with van der Waals surface area (Å²) in [6.07, 6.45) is 18.9. The summed E-state index contributed by atoms with van der Waals surface area (Å²) in [6.45, 7) is 5.72. The Hall–Kier alpha value is -0.0400. The summed E-state index contributed by atoms with van der Waals surface area (Å²) in [5.41, 5.74) is 0. The van der Waals surface area contributed by atoms with E-state index in [1.54, 1.807) is 0 Å². The molecule has 0 heterocycles. The van der Waals surface area contributed by atoms with Gasteiger partial charge in [-0.2, -0.15) is 0 Å². The molecule has 1 atom stereocenters. The van der Waals surface area contributed by atoms with Gasteiger partial charge in [-0.25, -0.2) is 0 Å². The van der Waals surface area contributed by atoms with Crippen molar-refractivity contribution in [2.75, 3.05) is 6.54 Å². The van der Waals surface area contributed by atoms with Crippen molar-refractivity contribution < 1.29 is 0 Å². The van der Waals surface area contributed by atoms with E-state index in [4.69, 9.17) is 0 Å². The molecule has 0 aromatic rings. The van der Waals surface area contributed by atoms with Crippen molar-refractivity contribution in [3.8, 4) is 0 Å². The zero-order valence-electron chi connectivity index (χ0n) is 13.6. The average molecular weight is 268 g/mol. The fraction of sp³-hybridized carbons (Fsp3) is 1.00. The van der Waals surface area contributed by atoms with Gasteiger partial charge in [0, 0.05) is 6.04 Å². The third-order valence-electron chi connectivity index (χ3n) is 4.80. The van der Waals surface area contributed by atoms with Crippen LogP contribution in [-0.4, -0.2) is 12.6 Å². The molecule has 1 nitrogen and oxygen atoms in total. The zero-order chi connectivity index (χ0) is 13.8. The molecule has 114 valence electrons. The quantitative estimate of drug-likeness (QED) is 0.396. The van der Waals surface area contributed by atoms with Gasteiger partial charge in [-0.1, -0.05) is 78.1 Å². The molecule has 19 heavy (non-hydrogen) atoms. The van der Waals surface area contributed by atoms with Crippen LogP contribution in [0.1, 0.15) is 97.3 Å². The lowest BCUT2D eigenvalue weighted by molar-refractivity contribution is 0.301. The minimum absolute atomic E-state index is 0.814. The zero-order valence-corrected chi connectivity index (χ0v) is 13.6. The van der Waals surface area contributed by atoms with E-state index in [0.717, 1.165) is 18.5 Å². The molecule has 0 radical (unpaired) electrons. The van der Waals surface area contributed by atoms with Crippen molar-refractivity contribution in [1.29, 1.82) is 0 Å². The van der Waals surface area contributed by atoms with Crippen LogP contribution in [0.15, 0.2) is 0 Å². The normalized spacial score (nSPS) is 19.3. The van der Waals surface area contributed by atoms with E-state index in [1.165, 1.54) is 83.5 Å². The molecule has 0 aromatic heterocycles. The maximum Gasteiger partial charge on any atom is 0.00952 e. The Bertz CT molecular complexity index is 182. The maximum absolute atomic E-state index is 3.78. The minimum atomic E-state index is 0.814. The summed E-state index contributed by atoms with van der Waals surface area (Å²) in [5.74, 6) is 0.970. The Morgan fingerprint density at radius 1 is 0.842 bits per heavy atom. The number of rotatable bonds is 10. The Balaban J connectivity index is 2.18. The molecule has 0 aromatic carbocycles. The molecule has 1 rings (SSSR count). The first-order valence-electron chi connectivity index (χ1n) is 9.11. The largest absolute Gasteiger partial charge is 0.314 e. The predicted molar refractivity (Wildman–Crippen MR) is 86.6 cm³/mol. The van der Waals surface area contributed by atoms with Gasteiger partial charge in [0.05, 0.1) is 0 Å². The van der Waals surface area contributed by atoms with Crippen molar-refractivity contribution in [3.63, 3.8) is 0 Å². The fourth-order valence-electron chi connectivity index (χ4n) is 3.62. The Kier molecular flexibility index (Phi) is 10.5. The lowest BCUT2D eigenvalue weighted by Gasteiger charge is -2.27. The van der Waals surface area contributed by atoms with Crippen molar-refractivity contribution in [1.82, 2.24) is 5.32 Å². The molecule has 0 bridgehead atoms. The van der Waals surface area contributed by atoms with Gasteiger partial charge in [-0.3, -0.25) is 0 Å². The molecule has 1 aliphatic carbocycles. The van der Waals surface area contributed by atoms with Crippen LogP contribution in [-0.2, 0) is 0 Å². The highest BCUT2D eigenvalue weighted by Gasteiger charge is 2.21. The highest BCUT2D eigenvalue weighted by molar-refractivity contribution is 4.78. The van der Waals surface area contributed by atoms with E-state index >= 15 is 0 Å². The predicted octanol–water partition coefficient (Wildman–Crippen LogP) is 5.69. The first kappa shape index (κ1) is 17.0. The summed E-state index contributed by atoms with van der Waals surface area (Å²) < 4.78 is 0. The summed E-state index contributed by atoms with van der Waals surface area (Å²) in [7, 11) is 0. The fourth-order valence-corrected chi connectivity index (χ4v) is 3.62. The number of hydrogen-bond donors (Lipinski definition) is 1. The van der Waals surface area contributed by atoms with E-state index < -0.39 is 0 Å². The first-order chi connectivity index (χ1) is 9.38. The van der Waals surface area contributed by atoms with Gasteiger partial charge in [0.2, 0.25) is 0 Å².